The number of hydrogen-bond donors (Lipinski definition) is 0. The van der Waals surface area contributed by atoms with Crippen LogP contribution in [0.2, 0.25) is 0 Å². The maximum absolute atomic E-state index is 5.66. The molecule has 0 spiro atoms. The molecule has 0 fully saturated rings. The molecule has 1 heterocycles. The maximum Gasteiger partial charge on any atom is 0.139 e. The van der Waals surface area contributed by atoms with Gasteiger partial charge in [-0.3, -0.25) is 0 Å². The highest BCUT2D eigenvalue weighted by atomic mass is 31.0. The van der Waals surface area contributed by atoms with E-state index in [0.29, 0.717) is 0 Å². The lowest BCUT2D eigenvalue weighted by Crippen LogP contribution is -1.78. The lowest BCUT2D eigenvalue weighted by Gasteiger charge is -2.02. The van der Waals surface area contributed by atoms with Crippen molar-refractivity contribution in [1.82, 2.24) is 0 Å². The van der Waals surface area contributed by atoms with Crippen LogP contribution in [0, 0.1) is 6.92 Å². The van der Waals surface area contributed by atoms with Crippen LogP contribution in [0.25, 0.3) is 22.5 Å². The summed E-state index contributed by atoms with van der Waals surface area (Å²) in [6.45, 7) is 2.00. The SMILES string of the molecule is Cc1oc(-c2ccc(-c3ccccc3)cc2)cp1. The van der Waals surface area contributed by atoms with E-state index in [2.05, 4.69) is 54.3 Å². The molecule has 0 N–H and O–H groups in total. The van der Waals surface area contributed by atoms with Gasteiger partial charge >= 0.3 is 0 Å². The van der Waals surface area contributed by atoms with E-state index < -0.39 is 0 Å². The highest BCUT2D eigenvalue weighted by Crippen LogP contribution is 2.29. The highest BCUT2D eigenvalue weighted by Gasteiger charge is 2.03. The lowest BCUT2D eigenvalue weighted by atomic mass is 10.0. The molecule has 0 saturated heterocycles. The zero-order valence-electron chi connectivity index (χ0n) is 10.1. The number of hydrogen-bond acceptors (Lipinski definition) is 1. The molecule has 18 heavy (non-hydrogen) atoms. The average Bonchev–Trinajstić information content (AvgIpc) is 2.87. The van der Waals surface area contributed by atoms with Crippen molar-refractivity contribution in [2.45, 2.75) is 6.92 Å². The van der Waals surface area contributed by atoms with E-state index in [4.69, 9.17) is 4.42 Å². The third-order valence-corrected chi connectivity index (χ3v) is 3.72. The van der Waals surface area contributed by atoms with E-state index >= 15 is 0 Å². The number of aryl methyl sites for hydroxylation is 1. The third-order valence-electron chi connectivity index (χ3n) is 2.90. The summed E-state index contributed by atoms with van der Waals surface area (Å²) >= 11 is 0. The zero-order chi connectivity index (χ0) is 12.4. The minimum atomic E-state index is 0.966. The summed E-state index contributed by atoms with van der Waals surface area (Å²) < 4.78 is 5.66. The van der Waals surface area contributed by atoms with Crippen LogP contribution in [0.5, 0.6) is 0 Å². The molecule has 0 aliphatic carbocycles. The van der Waals surface area contributed by atoms with E-state index in [0.717, 1.165) is 25.0 Å². The molecule has 0 bridgehead atoms. The van der Waals surface area contributed by atoms with Crippen LogP contribution in [0.3, 0.4) is 0 Å². The Bertz CT molecular complexity index is 638. The smallest absolute Gasteiger partial charge is 0.139 e. The van der Waals surface area contributed by atoms with Crippen LogP contribution in [-0.2, 0) is 0 Å². The van der Waals surface area contributed by atoms with Crippen molar-refractivity contribution in [3.05, 3.63) is 65.9 Å². The fourth-order valence-electron chi connectivity index (χ4n) is 1.95. The molecule has 0 amide bonds. The molecule has 2 aromatic carbocycles. The predicted octanol–water partition coefficient (Wildman–Crippen LogP) is 5.50. The maximum atomic E-state index is 5.66. The first-order chi connectivity index (χ1) is 8.83. The topological polar surface area (TPSA) is 13.1 Å². The Hall–Kier alpha value is -1.85. The molecule has 0 unspecified atom stereocenters. The molecule has 3 aromatic rings. The minimum absolute atomic E-state index is 0.966. The van der Waals surface area contributed by atoms with Crippen molar-refractivity contribution in [3.8, 4) is 22.5 Å². The van der Waals surface area contributed by atoms with Crippen LogP contribution >= 0.6 is 8.19 Å². The van der Waals surface area contributed by atoms with Gasteiger partial charge in [0.25, 0.3) is 0 Å². The highest BCUT2D eigenvalue weighted by molar-refractivity contribution is 7.30. The Kier molecular flexibility index (Phi) is 3.00. The van der Waals surface area contributed by atoms with Gasteiger partial charge in [0.15, 0.2) is 0 Å². The molecule has 0 saturated carbocycles. The van der Waals surface area contributed by atoms with Crippen LogP contribution in [-0.4, -0.2) is 0 Å². The molecule has 0 radical (unpaired) electrons. The lowest BCUT2D eigenvalue weighted by molar-refractivity contribution is 0.557. The Morgan fingerprint density at radius 3 is 2.00 bits per heavy atom. The van der Waals surface area contributed by atoms with Gasteiger partial charge in [-0.1, -0.05) is 54.6 Å². The Morgan fingerprint density at radius 1 is 0.778 bits per heavy atom. The van der Waals surface area contributed by atoms with E-state index in [1.54, 1.807) is 0 Å². The van der Waals surface area contributed by atoms with Gasteiger partial charge in [-0.2, -0.15) is 0 Å². The van der Waals surface area contributed by atoms with Gasteiger partial charge < -0.3 is 4.42 Å². The summed E-state index contributed by atoms with van der Waals surface area (Å²) in [5, 5.41) is 0. The van der Waals surface area contributed by atoms with Gasteiger partial charge in [-0.15, -0.1) is 0 Å². The standard InChI is InChI=1S/C16H13OP/c1-12-17-16(11-18-12)15-9-7-14(8-10-15)13-5-3-2-4-6-13/h2-11H,1H3. The fraction of sp³-hybridized carbons (Fsp3) is 0.0625. The molecular weight excluding hydrogens is 239 g/mol. The normalized spacial score (nSPS) is 10.9. The first-order valence-corrected chi connectivity index (χ1v) is 6.87. The molecule has 2 heteroatoms. The van der Waals surface area contributed by atoms with Gasteiger partial charge in [0.05, 0.1) is 0 Å². The van der Waals surface area contributed by atoms with Crippen molar-refractivity contribution in [3.63, 3.8) is 0 Å². The third kappa shape index (κ3) is 2.23. The quantitative estimate of drug-likeness (QED) is 0.586. The van der Waals surface area contributed by atoms with Crippen molar-refractivity contribution in [1.29, 1.82) is 0 Å². The van der Waals surface area contributed by atoms with Crippen molar-refractivity contribution in [2.75, 3.05) is 0 Å². The Balaban J connectivity index is 1.94. The second kappa shape index (κ2) is 4.80. The molecule has 0 aliphatic heterocycles. The summed E-state index contributed by atoms with van der Waals surface area (Å²) in [5.74, 6) is 3.07. The number of rotatable bonds is 2. The molecular formula is C16H13OP. The van der Waals surface area contributed by atoms with Crippen molar-refractivity contribution >= 4 is 8.19 Å². The first-order valence-electron chi connectivity index (χ1n) is 5.91. The van der Waals surface area contributed by atoms with Gasteiger partial charge in [-0.25, -0.2) is 0 Å². The molecule has 0 aliphatic rings. The Labute approximate surface area is 108 Å². The zero-order valence-corrected chi connectivity index (χ0v) is 11.0. The summed E-state index contributed by atoms with van der Waals surface area (Å²) in [6, 6.07) is 18.9. The van der Waals surface area contributed by atoms with Crippen LogP contribution in [0.15, 0.2) is 64.8 Å². The second-order valence-electron chi connectivity index (χ2n) is 4.19. The average molecular weight is 252 g/mol. The fourth-order valence-corrected chi connectivity index (χ4v) is 2.60. The van der Waals surface area contributed by atoms with Crippen molar-refractivity contribution in [2.24, 2.45) is 0 Å². The van der Waals surface area contributed by atoms with Crippen molar-refractivity contribution < 1.29 is 4.42 Å². The van der Waals surface area contributed by atoms with Gasteiger partial charge in [0, 0.05) is 11.4 Å². The summed E-state index contributed by atoms with van der Waals surface area (Å²) in [6.07, 6.45) is 0. The largest absolute Gasteiger partial charge is 0.456 e. The van der Waals surface area contributed by atoms with E-state index in [1.807, 2.05) is 13.0 Å². The van der Waals surface area contributed by atoms with Gasteiger partial charge in [0.2, 0.25) is 0 Å². The van der Waals surface area contributed by atoms with E-state index in [1.165, 1.54) is 11.1 Å². The molecule has 1 nitrogen and oxygen atoms in total. The minimum Gasteiger partial charge on any atom is -0.456 e. The van der Waals surface area contributed by atoms with Gasteiger partial charge in [-0.05, 0) is 26.2 Å². The monoisotopic (exact) mass is 252 g/mol. The van der Waals surface area contributed by atoms with Crippen LogP contribution in [0.4, 0.5) is 0 Å². The molecule has 0 atom stereocenters. The second-order valence-corrected chi connectivity index (χ2v) is 5.33. The summed E-state index contributed by atoms with van der Waals surface area (Å²) in [4.78, 5) is 0. The number of benzene rings is 2. The predicted molar refractivity (Wildman–Crippen MR) is 76.8 cm³/mol. The summed E-state index contributed by atoms with van der Waals surface area (Å²) in [7, 11) is 1.16. The van der Waals surface area contributed by atoms with E-state index in [9.17, 15) is 0 Å². The van der Waals surface area contributed by atoms with Crippen LogP contribution in [0.1, 0.15) is 5.49 Å². The first kappa shape index (κ1) is 11.3. The van der Waals surface area contributed by atoms with E-state index in [-0.39, 0.29) is 0 Å². The van der Waals surface area contributed by atoms with Crippen LogP contribution < -0.4 is 0 Å². The Morgan fingerprint density at radius 2 is 1.39 bits per heavy atom. The molecule has 1 aromatic heterocycles. The summed E-state index contributed by atoms with van der Waals surface area (Å²) in [5.41, 5.74) is 4.65. The van der Waals surface area contributed by atoms with Gasteiger partial charge in [0.1, 0.15) is 11.3 Å². The molecule has 3 rings (SSSR count). The molecule has 88 valence electrons.